The van der Waals surface area contributed by atoms with Crippen LogP contribution in [0, 0.1) is 0 Å². The molecule has 0 radical (unpaired) electrons. The van der Waals surface area contributed by atoms with E-state index in [4.69, 9.17) is 9.47 Å². The third kappa shape index (κ3) is 6.89. The van der Waals surface area contributed by atoms with Gasteiger partial charge in [0.05, 0.1) is 26.3 Å². The summed E-state index contributed by atoms with van der Waals surface area (Å²) < 4.78 is 11.1. The molecule has 0 aliphatic rings. The monoisotopic (exact) mass is 476 g/mol. The Bertz CT molecular complexity index is 960. The average Bonchev–Trinajstić information content (AvgIpc) is 2.73. The molecule has 2 aromatic carbocycles. The number of benzene rings is 2. The van der Waals surface area contributed by atoms with Gasteiger partial charge in [-0.25, -0.2) is 5.43 Å². The van der Waals surface area contributed by atoms with Gasteiger partial charge in [0, 0.05) is 21.9 Å². The number of hydrazone groups is 1. The van der Waals surface area contributed by atoms with Crippen molar-refractivity contribution in [1.82, 2.24) is 5.43 Å². The number of methoxy groups -OCH3 is 2. The number of anilines is 2. The van der Waals surface area contributed by atoms with Gasteiger partial charge in [0.1, 0.15) is 11.5 Å². The number of carbonyl (C=O) groups excluding carboxylic acids is 3. The molecule has 0 fully saturated rings. The molecule has 0 aliphatic carbocycles. The number of amides is 3. The van der Waals surface area contributed by atoms with E-state index in [9.17, 15) is 14.4 Å². The number of ether oxygens (including phenoxy) is 2. The molecule has 3 amide bonds. The largest absolute Gasteiger partial charge is 0.497 e. The molecule has 9 nitrogen and oxygen atoms in total. The molecule has 0 spiro atoms. The Morgan fingerprint density at radius 2 is 1.67 bits per heavy atom. The van der Waals surface area contributed by atoms with Crippen LogP contribution in [0.3, 0.4) is 0 Å². The van der Waals surface area contributed by atoms with Crippen LogP contribution in [-0.2, 0) is 14.4 Å². The summed E-state index contributed by atoms with van der Waals surface area (Å²) in [6, 6.07) is 11.8. The maximum atomic E-state index is 12.1. The summed E-state index contributed by atoms with van der Waals surface area (Å²) >= 11 is 3.32. The molecule has 0 unspecified atom stereocenters. The first-order valence-corrected chi connectivity index (χ1v) is 9.53. The van der Waals surface area contributed by atoms with Gasteiger partial charge >= 0.3 is 11.8 Å². The summed E-state index contributed by atoms with van der Waals surface area (Å²) in [4.78, 5) is 36.1. The lowest BCUT2D eigenvalue weighted by atomic mass is 10.2. The fourth-order valence-electron chi connectivity index (χ4n) is 2.29. The predicted octanol–water partition coefficient (Wildman–Crippen LogP) is 2.93. The topological polar surface area (TPSA) is 118 Å². The maximum absolute atomic E-state index is 12.1. The number of carbonyl (C=O) groups is 3. The summed E-state index contributed by atoms with van der Waals surface area (Å²) in [5, 5.41) is 8.93. The minimum Gasteiger partial charge on any atom is -0.497 e. The molecule has 0 aromatic heterocycles. The second-order valence-corrected chi connectivity index (χ2v) is 6.96. The fourth-order valence-corrected chi connectivity index (χ4v) is 2.55. The van der Waals surface area contributed by atoms with E-state index in [0.717, 1.165) is 4.47 Å². The van der Waals surface area contributed by atoms with Crippen molar-refractivity contribution < 1.29 is 23.9 Å². The van der Waals surface area contributed by atoms with E-state index in [1.807, 2.05) is 0 Å². The first kappa shape index (κ1) is 22.9. The fraction of sp³-hybridized carbons (Fsp3) is 0.200. The first-order valence-electron chi connectivity index (χ1n) is 8.74. The highest BCUT2D eigenvalue weighted by Gasteiger charge is 2.16. The zero-order valence-electron chi connectivity index (χ0n) is 16.6. The molecule has 2 aromatic rings. The second-order valence-electron chi connectivity index (χ2n) is 6.04. The third-order valence-corrected chi connectivity index (χ3v) is 4.28. The Morgan fingerprint density at radius 3 is 2.30 bits per heavy atom. The average molecular weight is 477 g/mol. The molecule has 2 rings (SSSR count). The highest BCUT2D eigenvalue weighted by Crippen LogP contribution is 2.28. The van der Waals surface area contributed by atoms with Crippen LogP contribution in [0.25, 0.3) is 0 Å². The van der Waals surface area contributed by atoms with Crippen molar-refractivity contribution in [3.8, 4) is 11.5 Å². The van der Waals surface area contributed by atoms with Crippen LogP contribution >= 0.6 is 15.9 Å². The highest BCUT2D eigenvalue weighted by molar-refractivity contribution is 9.10. The standard InChI is InChI=1S/C20H21BrN4O5/c1-12(10-18(26)22-14-6-4-13(21)5-7-14)24-25-20(28)19(27)23-16-9-8-15(29-2)11-17(16)30-3/h4-9,11H,10H2,1-3H3,(H,22,26)(H,23,27)(H,25,28)/b24-12-. The Labute approximate surface area is 182 Å². The van der Waals surface area contributed by atoms with E-state index in [-0.39, 0.29) is 12.3 Å². The minimum absolute atomic E-state index is 0.0513. The van der Waals surface area contributed by atoms with E-state index < -0.39 is 11.8 Å². The van der Waals surface area contributed by atoms with Gasteiger partial charge in [-0.05, 0) is 43.3 Å². The van der Waals surface area contributed by atoms with E-state index in [1.165, 1.54) is 14.2 Å². The Balaban J connectivity index is 1.88. The molecule has 0 heterocycles. The number of hydrogen-bond acceptors (Lipinski definition) is 6. The van der Waals surface area contributed by atoms with Crippen molar-refractivity contribution in [2.75, 3.05) is 24.9 Å². The van der Waals surface area contributed by atoms with Crippen molar-refractivity contribution in [2.24, 2.45) is 5.10 Å². The zero-order valence-corrected chi connectivity index (χ0v) is 18.2. The van der Waals surface area contributed by atoms with E-state index >= 15 is 0 Å². The molecule has 0 saturated carbocycles. The van der Waals surface area contributed by atoms with Gasteiger partial charge in [0.25, 0.3) is 0 Å². The number of halogens is 1. The van der Waals surface area contributed by atoms with Crippen molar-refractivity contribution in [1.29, 1.82) is 0 Å². The Morgan fingerprint density at radius 1 is 0.967 bits per heavy atom. The molecular formula is C20H21BrN4O5. The first-order chi connectivity index (χ1) is 14.3. The number of rotatable bonds is 7. The van der Waals surface area contributed by atoms with Crippen molar-refractivity contribution in [3.63, 3.8) is 0 Å². The smallest absolute Gasteiger partial charge is 0.329 e. The molecule has 3 N–H and O–H groups in total. The lowest BCUT2D eigenvalue weighted by Crippen LogP contribution is -2.33. The van der Waals surface area contributed by atoms with Crippen LogP contribution < -0.4 is 25.5 Å². The minimum atomic E-state index is -0.986. The van der Waals surface area contributed by atoms with Crippen molar-refractivity contribution in [2.45, 2.75) is 13.3 Å². The lowest BCUT2D eigenvalue weighted by Gasteiger charge is -2.11. The third-order valence-electron chi connectivity index (χ3n) is 3.76. The van der Waals surface area contributed by atoms with Gasteiger partial charge in [-0.15, -0.1) is 0 Å². The number of hydrogen-bond donors (Lipinski definition) is 3. The maximum Gasteiger partial charge on any atom is 0.329 e. The molecule has 10 heteroatoms. The van der Waals surface area contributed by atoms with Crippen LogP contribution in [0.4, 0.5) is 11.4 Å². The second kappa shape index (κ2) is 11.0. The van der Waals surface area contributed by atoms with Crippen LogP contribution in [0.5, 0.6) is 11.5 Å². The van der Waals surface area contributed by atoms with Crippen LogP contribution in [-0.4, -0.2) is 37.7 Å². The van der Waals surface area contributed by atoms with Crippen LogP contribution in [0.15, 0.2) is 52.0 Å². The molecule has 0 atom stereocenters. The summed E-state index contributed by atoms with van der Waals surface area (Å²) in [6.45, 7) is 1.56. The van der Waals surface area contributed by atoms with Gasteiger partial charge in [-0.3, -0.25) is 14.4 Å². The van der Waals surface area contributed by atoms with Gasteiger partial charge in [-0.2, -0.15) is 5.10 Å². The van der Waals surface area contributed by atoms with Crippen molar-refractivity contribution >= 4 is 50.7 Å². The van der Waals surface area contributed by atoms with E-state index in [1.54, 1.807) is 49.4 Å². The lowest BCUT2D eigenvalue weighted by molar-refractivity contribution is -0.136. The summed E-state index contributed by atoms with van der Waals surface area (Å²) in [7, 11) is 2.93. The number of nitrogens with zero attached hydrogens (tertiary/aromatic N) is 1. The summed E-state index contributed by atoms with van der Waals surface area (Å²) in [6.07, 6.45) is -0.0513. The SMILES string of the molecule is COc1ccc(NC(=O)C(=O)N/N=C(/C)CC(=O)Nc2ccc(Br)cc2)c(OC)c1. The number of nitrogens with one attached hydrogen (secondary N) is 3. The summed E-state index contributed by atoms with van der Waals surface area (Å²) in [5.41, 5.74) is 3.38. The van der Waals surface area contributed by atoms with Crippen LogP contribution in [0.1, 0.15) is 13.3 Å². The molecule has 30 heavy (non-hydrogen) atoms. The molecule has 0 bridgehead atoms. The van der Waals surface area contributed by atoms with E-state index in [0.29, 0.717) is 28.6 Å². The van der Waals surface area contributed by atoms with Crippen molar-refractivity contribution in [3.05, 3.63) is 46.9 Å². The zero-order chi connectivity index (χ0) is 22.1. The molecular weight excluding hydrogens is 456 g/mol. The van der Waals surface area contributed by atoms with E-state index in [2.05, 4.69) is 37.1 Å². The molecule has 158 valence electrons. The van der Waals surface area contributed by atoms with Gasteiger partial charge in [0.2, 0.25) is 5.91 Å². The van der Waals surface area contributed by atoms with Gasteiger partial charge in [-0.1, -0.05) is 15.9 Å². The highest BCUT2D eigenvalue weighted by atomic mass is 79.9. The summed E-state index contributed by atoms with van der Waals surface area (Å²) in [5.74, 6) is -1.36. The quantitative estimate of drug-likeness (QED) is 0.322. The van der Waals surface area contributed by atoms with Crippen LogP contribution in [0.2, 0.25) is 0 Å². The molecule has 0 saturated heterocycles. The van der Waals surface area contributed by atoms with Gasteiger partial charge < -0.3 is 20.1 Å². The molecule has 0 aliphatic heterocycles. The predicted molar refractivity (Wildman–Crippen MR) is 117 cm³/mol. The van der Waals surface area contributed by atoms with Gasteiger partial charge in [0.15, 0.2) is 0 Å². The Hall–Kier alpha value is -3.40. The Kier molecular flexibility index (Phi) is 8.36. The normalized spacial score (nSPS) is 10.7.